The van der Waals surface area contributed by atoms with E-state index in [0.29, 0.717) is 28.2 Å². The number of carbonyl (C=O) groups is 1. The predicted molar refractivity (Wildman–Crippen MR) is 129 cm³/mol. The van der Waals surface area contributed by atoms with Crippen LogP contribution in [0.3, 0.4) is 0 Å². The molecule has 2 aromatic carbocycles. The molecule has 32 heavy (non-hydrogen) atoms. The summed E-state index contributed by atoms with van der Waals surface area (Å²) < 4.78 is 7.16. The van der Waals surface area contributed by atoms with E-state index in [-0.39, 0.29) is 16.6 Å². The second-order valence-electron chi connectivity index (χ2n) is 8.17. The number of ketones is 1. The second-order valence-corrected chi connectivity index (χ2v) is 9.47. The molecule has 0 N–H and O–H groups in total. The molecule has 1 atom stereocenters. The standard InChI is InChI=1S/C25H29N3O3S/c1-18-8-10-20(11-9-18)23(29)19(2)32-25-26-22-7-4-3-6-21(22)24(30)28(25)13-5-12-27-14-16-31-17-15-27/h3-4,6-11,19H,5,12-17H2,1-2H3/t19-/m0/s1. The van der Waals surface area contributed by atoms with Gasteiger partial charge in [-0.25, -0.2) is 4.98 Å². The molecule has 1 fully saturated rings. The summed E-state index contributed by atoms with van der Waals surface area (Å²) in [5.41, 5.74) is 2.42. The molecule has 0 aliphatic carbocycles. The van der Waals surface area contributed by atoms with Gasteiger partial charge < -0.3 is 4.74 Å². The van der Waals surface area contributed by atoms with Gasteiger partial charge in [0.05, 0.1) is 29.4 Å². The number of ether oxygens (including phenoxy) is 1. The third-order valence-electron chi connectivity index (χ3n) is 5.77. The molecule has 0 radical (unpaired) electrons. The highest BCUT2D eigenvalue weighted by Gasteiger charge is 2.21. The molecule has 0 amide bonds. The number of aromatic nitrogens is 2. The number of nitrogens with zero attached hydrogens (tertiary/aromatic N) is 3. The normalized spacial score (nSPS) is 15.7. The highest BCUT2D eigenvalue weighted by atomic mass is 32.2. The molecule has 1 aromatic heterocycles. The maximum atomic E-state index is 13.3. The minimum Gasteiger partial charge on any atom is -0.379 e. The first-order chi connectivity index (χ1) is 15.5. The summed E-state index contributed by atoms with van der Waals surface area (Å²) in [5.74, 6) is 0.0391. The average molecular weight is 452 g/mol. The number of fused-ring (bicyclic) bond motifs is 1. The van der Waals surface area contributed by atoms with Crippen molar-refractivity contribution in [2.45, 2.75) is 37.2 Å². The third kappa shape index (κ3) is 5.28. The Bertz CT molecular complexity index is 1140. The zero-order valence-corrected chi connectivity index (χ0v) is 19.4. The Morgan fingerprint density at radius 1 is 1.09 bits per heavy atom. The SMILES string of the molecule is Cc1ccc(C(=O)[C@H](C)Sc2nc3ccccc3c(=O)n2CCCN2CCOCC2)cc1. The summed E-state index contributed by atoms with van der Waals surface area (Å²) in [6.45, 7) is 8.73. The van der Waals surface area contributed by atoms with Gasteiger partial charge in [0.1, 0.15) is 0 Å². The quantitative estimate of drug-likeness (QED) is 0.295. The molecule has 3 aromatic rings. The smallest absolute Gasteiger partial charge is 0.262 e. The molecule has 7 heteroatoms. The number of Topliss-reactive ketones (excluding diaryl/α,β-unsaturated/α-hetero) is 1. The minimum absolute atomic E-state index is 0.0391. The Labute approximate surface area is 192 Å². The highest BCUT2D eigenvalue weighted by Crippen LogP contribution is 2.25. The van der Waals surface area contributed by atoms with Gasteiger partial charge >= 0.3 is 0 Å². The molecule has 6 nitrogen and oxygen atoms in total. The molecular weight excluding hydrogens is 422 g/mol. The van der Waals surface area contributed by atoms with Crippen molar-refractivity contribution >= 4 is 28.4 Å². The van der Waals surface area contributed by atoms with Crippen molar-refractivity contribution in [1.29, 1.82) is 0 Å². The van der Waals surface area contributed by atoms with E-state index in [0.717, 1.165) is 44.8 Å². The lowest BCUT2D eigenvalue weighted by molar-refractivity contribution is 0.0368. The lowest BCUT2D eigenvalue weighted by Gasteiger charge is -2.26. The molecule has 0 spiro atoms. The molecular formula is C25H29N3O3S. The van der Waals surface area contributed by atoms with Gasteiger partial charge in [-0.05, 0) is 32.4 Å². The van der Waals surface area contributed by atoms with Crippen LogP contribution in [0.25, 0.3) is 10.9 Å². The Kier molecular flexibility index (Phi) is 7.40. The summed E-state index contributed by atoms with van der Waals surface area (Å²) in [6, 6.07) is 15.0. The number of morpholine rings is 1. The second kappa shape index (κ2) is 10.4. The monoisotopic (exact) mass is 451 g/mol. The van der Waals surface area contributed by atoms with E-state index >= 15 is 0 Å². The van der Waals surface area contributed by atoms with E-state index < -0.39 is 0 Å². The summed E-state index contributed by atoms with van der Waals surface area (Å²) >= 11 is 1.36. The zero-order chi connectivity index (χ0) is 22.5. The summed E-state index contributed by atoms with van der Waals surface area (Å²) in [7, 11) is 0. The van der Waals surface area contributed by atoms with Crippen molar-refractivity contribution in [2.24, 2.45) is 0 Å². The maximum absolute atomic E-state index is 13.3. The molecule has 168 valence electrons. The van der Waals surface area contributed by atoms with Crippen LogP contribution in [0, 0.1) is 6.92 Å². The van der Waals surface area contributed by atoms with E-state index in [1.54, 1.807) is 4.57 Å². The van der Waals surface area contributed by atoms with Gasteiger partial charge in [0.25, 0.3) is 5.56 Å². The van der Waals surface area contributed by atoms with Gasteiger partial charge in [-0.15, -0.1) is 0 Å². The van der Waals surface area contributed by atoms with Crippen LogP contribution in [0.4, 0.5) is 0 Å². The maximum Gasteiger partial charge on any atom is 0.262 e. The topological polar surface area (TPSA) is 64.4 Å². The Hall–Kier alpha value is -2.48. The van der Waals surface area contributed by atoms with Crippen LogP contribution in [0.2, 0.25) is 0 Å². The number of hydrogen-bond acceptors (Lipinski definition) is 6. The number of hydrogen-bond donors (Lipinski definition) is 0. The van der Waals surface area contributed by atoms with Gasteiger partial charge in [0.2, 0.25) is 0 Å². The van der Waals surface area contributed by atoms with Crippen LogP contribution in [0.5, 0.6) is 0 Å². The van der Waals surface area contributed by atoms with E-state index in [9.17, 15) is 9.59 Å². The van der Waals surface area contributed by atoms with Crippen molar-refractivity contribution in [1.82, 2.24) is 14.5 Å². The fourth-order valence-corrected chi connectivity index (χ4v) is 4.89. The molecule has 1 aliphatic rings. The molecule has 1 saturated heterocycles. The van der Waals surface area contributed by atoms with Crippen molar-refractivity contribution in [3.8, 4) is 0 Å². The van der Waals surface area contributed by atoms with Crippen molar-refractivity contribution in [2.75, 3.05) is 32.8 Å². The Morgan fingerprint density at radius 2 is 1.81 bits per heavy atom. The fraction of sp³-hybridized carbons (Fsp3) is 0.400. The van der Waals surface area contributed by atoms with Crippen LogP contribution in [0.1, 0.15) is 29.3 Å². The molecule has 0 bridgehead atoms. The van der Waals surface area contributed by atoms with Crippen LogP contribution < -0.4 is 5.56 Å². The van der Waals surface area contributed by atoms with E-state index in [1.165, 1.54) is 11.8 Å². The lowest BCUT2D eigenvalue weighted by atomic mass is 10.1. The van der Waals surface area contributed by atoms with Crippen LogP contribution >= 0.6 is 11.8 Å². The molecule has 2 heterocycles. The predicted octanol–water partition coefficient (Wildman–Crippen LogP) is 3.79. The van der Waals surface area contributed by atoms with Crippen LogP contribution in [-0.2, 0) is 11.3 Å². The molecule has 4 rings (SSSR count). The van der Waals surface area contributed by atoms with Gasteiger partial charge in [-0.2, -0.15) is 0 Å². The number of carbonyl (C=O) groups excluding carboxylic acids is 1. The van der Waals surface area contributed by atoms with Crippen molar-refractivity contribution in [3.63, 3.8) is 0 Å². The van der Waals surface area contributed by atoms with Gasteiger partial charge in [-0.1, -0.05) is 53.7 Å². The highest BCUT2D eigenvalue weighted by molar-refractivity contribution is 8.00. The van der Waals surface area contributed by atoms with Crippen LogP contribution in [-0.4, -0.2) is 58.3 Å². The van der Waals surface area contributed by atoms with Gasteiger partial charge in [-0.3, -0.25) is 19.1 Å². The molecule has 1 aliphatic heterocycles. The van der Waals surface area contributed by atoms with E-state index in [1.807, 2.05) is 62.4 Å². The number of thioether (sulfide) groups is 1. The van der Waals surface area contributed by atoms with E-state index in [4.69, 9.17) is 9.72 Å². The summed E-state index contributed by atoms with van der Waals surface area (Å²) in [4.78, 5) is 33.4. The van der Waals surface area contributed by atoms with Crippen molar-refractivity contribution < 1.29 is 9.53 Å². The number of rotatable bonds is 8. The zero-order valence-electron chi connectivity index (χ0n) is 18.6. The summed E-state index contributed by atoms with van der Waals surface area (Å²) in [6.07, 6.45) is 0.841. The number of para-hydroxylation sites is 1. The lowest BCUT2D eigenvalue weighted by Crippen LogP contribution is -2.37. The van der Waals surface area contributed by atoms with Gasteiger partial charge in [0, 0.05) is 31.7 Å². The number of aryl methyl sites for hydroxylation is 1. The average Bonchev–Trinajstić information content (AvgIpc) is 2.82. The van der Waals surface area contributed by atoms with Gasteiger partial charge in [0.15, 0.2) is 10.9 Å². The Balaban J connectivity index is 1.56. The summed E-state index contributed by atoms with van der Waals surface area (Å²) in [5, 5.41) is 0.862. The van der Waals surface area contributed by atoms with Crippen molar-refractivity contribution in [3.05, 3.63) is 70.0 Å². The fourth-order valence-electron chi connectivity index (χ4n) is 3.88. The minimum atomic E-state index is -0.351. The third-order valence-corrected chi connectivity index (χ3v) is 6.86. The van der Waals surface area contributed by atoms with E-state index in [2.05, 4.69) is 4.90 Å². The van der Waals surface area contributed by atoms with Crippen LogP contribution in [0.15, 0.2) is 58.5 Å². The largest absolute Gasteiger partial charge is 0.379 e. The first-order valence-electron chi connectivity index (χ1n) is 11.1. The first-order valence-corrected chi connectivity index (χ1v) is 12.0. The molecule has 0 unspecified atom stereocenters. The Morgan fingerprint density at radius 3 is 2.56 bits per heavy atom. The number of benzene rings is 2. The molecule has 0 saturated carbocycles. The first kappa shape index (κ1) is 22.7.